The van der Waals surface area contributed by atoms with Gasteiger partial charge in [-0.2, -0.15) is 0 Å². The maximum Gasteiger partial charge on any atom is 0.150 e. The van der Waals surface area contributed by atoms with E-state index in [1.54, 1.807) is 0 Å². The standard InChI is InChI=1S/C9H15O2P/c1-12(10)7-6-8-4-2-3-5-9(8,12)11-8/h2-7H2,1H3. The van der Waals surface area contributed by atoms with Crippen LogP contribution < -0.4 is 0 Å². The quantitative estimate of drug-likeness (QED) is 0.429. The van der Waals surface area contributed by atoms with Gasteiger partial charge in [0.25, 0.3) is 0 Å². The molecule has 0 spiro atoms. The van der Waals surface area contributed by atoms with Gasteiger partial charge in [0, 0.05) is 6.16 Å². The Hall–Kier alpha value is 0.190. The minimum atomic E-state index is -1.94. The van der Waals surface area contributed by atoms with Crippen LogP contribution in [0.2, 0.25) is 0 Å². The molecule has 3 unspecified atom stereocenters. The number of hydrogen-bond acceptors (Lipinski definition) is 2. The van der Waals surface area contributed by atoms with Crippen molar-refractivity contribution in [2.24, 2.45) is 0 Å². The predicted molar refractivity (Wildman–Crippen MR) is 48.0 cm³/mol. The summed E-state index contributed by atoms with van der Waals surface area (Å²) in [5, 5.41) is -0.113. The van der Waals surface area contributed by atoms with Crippen LogP contribution in [0.15, 0.2) is 0 Å². The molecule has 3 aliphatic rings. The highest BCUT2D eigenvalue weighted by molar-refractivity contribution is 7.65. The molecular weight excluding hydrogens is 171 g/mol. The third-order valence-corrected chi connectivity index (χ3v) is 7.41. The van der Waals surface area contributed by atoms with Crippen molar-refractivity contribution in [3.63, 3.8) is 0 Å². The van der Waals surface area contributed by atoms with E-state index in [1.807, 2.05) is 6.66 Å². The molecule has 2 saturated heterocycles. The summed E-state index contributed by atoms with van der Waals surface area (Å²) in [5.41, 5.74) is 0.107. The van der Waals surface area contributed by atoms with Crippen molar-refractivity contribution in [2.75, 3.05) is 12.8 Å². The van der Waals surface area contributed by atoms with Crippen LogP contribution in [0.3, 0.4) is 0 Å². The van der Waals surface area contributed by atoms with Gasteiger partial charge in [-0.05, 0) is 32.3 Å². The van der Waals surface area contributed by atoms with E-state index < -0.39 is 7.14 Å². The summed E-state index contributed by atoms with van der Waals surface area (Å²) in [6.45, 7) is 1.95. The zero-order chi connectivity index (χ0) is 8.45. The highest BCUT2D eigenvalue weighted by Crippen LogP contribution is 2.82. The van der Waals surface area contributed by atoms with Gasteiger partial charge in [-0.1, -0.05) is 6.42 Å². The van der Waals surface area contributed by atoms with E-state index in [4.69, 9.17) is 4.74 Å². The van der Waals surface area contributed by atoms with E-state index in [0.717, 1.165) is 19.0 Å². The molecule has 0 amide bonds. The molecule has 1 aliphatic carbocycles. The van der Waals surface area contributed by atoms with E-state index in [1.165, 1.54) is 19.3 Å². The Balaban J connectivity index is 2.06. The van der Waals surface area contributed by atoms with E-state index >= 15 is 0 Å². The molecule has 0 aromatic rings. The molecule has 2 aliphatic heterocycles. The molecule has 3 rings (SSSR count). The summed E-state index contributed by atoms with van der Waals surface area (Å²) in [6.07, 6.45) is 6.75. The largest absolute Gasteiger partial charge is 0.354 e. The van der Waals surface area contributed by atoms with Gasteiger partial charge in [-0.25, -0.2) is 0 Å². The first-order valence-corrected chi connectivity index (χ1v) is 7.23. The minimum absolute atomic E-state index is 0.107. The van der Waals surface area contributed by atoms with Crippen molar-refractivity contribution in [3.8, 4) is 0 Å². The fourth-order valence-corrected chi connectivity index (χ4v) is 6.54. The first-order chi connectivity index (χ1) is 5.62. The summed E-state index contributed by atoms with van der Waals surface area (Å²) < 4.78 is 18.1. The normalized spacial score (nSPS) is 62.4. The van der Waals surface area contributed by atoms with E-state index in [-0.39, 0.29) is 10.9 Å². The molecule has 0 radical (unpaired) electrons. The zero-order valence-corrected chi connectivity index (χ0v) is 8.40. The Labute approximate surface area is 73.0 Å². The second-order valence-corrected chi connectivity index (χ2v) is 8.03. The summed E-state index contributed by atoms with van der Waals surface area (Å²) in [6, 6.07) is 0. The molecule has 0 bridgehead atoms. The number of epoxide rings is 1. The maximum atomic E-state index is 12.2. The average molecular weight is 186 g/mol. The maximum absolute atomic E-state index is 12.2. The number of rotatable bonds is 0. The van der Waals surface area contributed by atoms with Crippen LogP contribution in [0.4, 0.5) is 0 Å². The first kappa shape index (κ1) is 7.58. The molecular formula is C9H15O2P. The van der Waals surface area contributed by atoms with Crippen molar-refractivity contribution in [3.05, 3.63) is 0 Å². The molecule has 68 valence electrons. The molecule has 12 heavy (non-hydrogen) atoms. The van der Waals surface area contributed by atoms with Crippen LogP contribution in [0.5, 0.6) is 0 Å². The van der Waals surface area contributed by atoms with Crippen LogP contribution in [-0.2, 0) is 9.30 Å². The van der Waals surface area contributed by atoms with Gasteiger partial charge in [0.15, 0.2) is 0 Å². The monoisotopic (exact) mass is 186 g/mol. The Bertz CT molecular complexity index is 284. The summed E-state index contributed by atoms with van der Waals surface area (Å²) in [7, 11) is -1.94. The van der Waals surface area contributed by atoms with Crippen molar-refractivity contribution in [1.29, 1.82) is 0 Å². The van der Waals surface area contributed by atoms with Crippen molar-refractivity contribution < 1.29 is 9.30 Å². The molecule has 2 nitrogen and oxygen atoms in total. The highest BCUT2D eigenvalue weighted by atomic mass is 31.2. The fourth-order valence-electron chi connectivity index (χ4n) is 3.31. The molecule has 1 saturated carbocycles. The third-order valence-electron chi connectivity index (χ3n) is 4.09. The van der Waals surface area contributed by atoms with E-state index in [0.29, 0.717) is 0 Å². The summed E-state index contributed by atoms with van der Waals surface area (Å²) in [4.78, 5) is 0. The SMILES string of the molecule is CP1(=O)CCC23CCCCC21O3. The minimum Gasteiger partial charge on any atom is -0.354 e. The molecule has 3 atom stereocenters. The Morgan fingerprint density at radius 2 is 2.00 bits per heavy atom. The molecule has 3 heteroatoms. The summed E-state index contributed by atoms with van der Waals surface area (Å²) >= 11 is 0. The van der Waals surface area contributed by atoms with Crippen molar-refractivity contribution in [1.82, 2.24) is 0 Å². The topological polar surface area (TPSA) is 29.6 Å². The first-order valence-electron chi connectivity index (χ1n) is 4.89. The molecule has 0 aromatic carbocycles. The van der Waals surface area contributed by atoms with Crippen molar-refractivity contribution >= 4 is 7.14 Å². The second-order valence-electron chi connectivity index (χ2n) is 4.66. The molecule has 0 aromatic heterocycles. The Kier molecular flexibility index (Phi) is 1.16. The van der Waals surface area contributed by atoms with Crippen LogP contribution in [0, 0.1) is 0 Å². The average Bonchev–Trinajstić information content (AvgIpc) is 2.66. The third kappa shape index (κ3) is 0.590. The van der Waals surface area contributed by atoms with Crippen LogP contribution in [0.25, 0.3) is 0 Å². The Morgan fingerprint density at radius 3 is 2.75 bits per heavy atom. The summed E-state index contributed by atoms with van der Waals surface area (Å²) in [5.74, 6) is 0. The fraction of sp³-hybridized carbons (Fsp3) is 1.00. The zero-order valence-electron chi connectivity index (χ0n) is 7.51. The lowest BCUT2D eigenvalue weighted by atomic mass is 9.87. The molecule has 0 N–H and O–H groups in total. The number of ether oxygens (including phenoxy) is 1. The van der Waals surface area contributed by atoms with Crippen LogP contribution >= 0.6 is 7.14 Å². The van der Waals surface area contributed by atoms with Gasteiger partial charge in [-0.3, -0.25) is 0 Å². The lowest BCUT2D eigenvalue weighted by Gasteiger charge is -2.21. The van der Waals surface area contributed by atoms with Gasteiger partial charge >= 0.3 is 0 Å². The predicted octanol–water partition coefficient (Wildman–Crippen LogP) is 2.42. The van der Waals surface area contributed by atoms with Gasteiger partial charge in [0.05, 0.1) is 0 Å². The van der Waals surface area contributed by atoms with E-state index in [2.05, 4.69) is 0 Å². The van der Waals surface area contributed by atoms with E-state index in [9.17, 15) is 4.57 Å². The van der Waals surface area contributed by atoms with Gasteiger partial charge in [0.1, 0.15) is 18.1 Å². The lowest BCUT2D eigenvalue weighted by molar-refractivity contribution is 0.267. The smallest absolute Gasteiger partial charge is 0.150 e. The lowest BCUT2D eigenvalue weighted by Crippen LogP contribution is -2.23. The molecule has 3 fully saturated rings. The van der Waals surface area contributed by atoms with Gasteiger partial charge in [0.2, 0.25) is 0 Å². The van der Waals surface area contributed by atoms with Crippen LogP contribution in [-0.4, -0.2) is 23.8 Å². The highest BCUT2D eigenvalue weighted by Gasteiger charge is 2.80. The number of hydrogen-bond donors (Lipinski definition) is 0. The molecule has 2 heterocycles. The van der Waals surface area contributed by atoms with Gasteiger partial charge in [-0.15, -0.1) is 0 Å². The second kappa shape index (κ2) is 1.83. The van der Waals surface area contributed by atoms with Gasteiger partial charge < -0.3 is 9.30 Å². The Morgan fingerprint density at radius 1 is 1.25 bits per heavy atom. The van der Waals surface area contributed by atoms with Crippen molar-refractivity contribution in [2.45, 2.75) is 43.0 Å². The van der Waals surface area contributed by atoms with Crippen LogP contribution in [0.1, 0.15) is 32.1 Å².